The Balaban J connectivity index is 2.01. The van der Waals surface area contributed by atoms with Crippen LogP contribution in [0.3, 0.4) is 0 Å². The van der Waals surface area contributed by atoms with Gasteiger partial charge < -0.3 is 9.47 Å². The summed E-state index contributed by atoms with van der Waals surface area (Å²) in [6.45, 7) is 0.331. The zero-order valence-electron chi connectivity index (χ0n) is 13.2. The molecule has 0 spiro atoms. The minimum absolute atomic E-state index is 0.0701. The van der Waals surface area contributed by atoms with Crippen LogP contribution < -0.4 is 14.2 Å². The molecule has 1 heterocycles. The van der Waals surface area contributed by atoms with E-state index in [1.165, 1.54) is 20.3 Å². The Kier molecular flexibility index (Phi) is 5.95. The molecule has 0 amide bonds. The molecule has 0 aliphatic heterocycles. The van der Waals surface area contributed by atoms with Gasteiger partial charge >= 0.3 is 0 Å². The molecule has 1 aromatic carbocycles. The van der Waals surface area contributed by atoms with E-state index in [0.717, 1.165) is 12.0 Å². The monoisotopic (exact) mass is 336 g/mol. The minimum atomic E-state index is -3.66. The fourth-order valence-corrected chi connectivity index (χ4v) is 3.37. The molecule has 0 aliphatic rings. The molecule has 1 aromatic heterocycles. The fraction of sp³-hybridized carbons (Fsp3) is 0.312. The zero-order valence-corrected chi connectivity index (χ0v) is 14.0. The van der Waals surface area contributed by atoms with Gasteiger partial charge in [-0.3, -0.25) is 4.98 Å². The van der Waals surface area contributed by atoms with Crippen LogP contribution in [0.4, 0.5) is 0 Å². The van der Waals surface area contributed by atoms with E-state index in [9.17, 15) is 8.42 Å². The number of pyridine rings is 1. The van der Waals surface area contributed by atoms with Gasteiger partial charge in [-0.05, 0) is 36.6 Å². The molecule has 6 nitrogen and oxygen atoms in total. The van der Waals surface area contributed by atoms with Crippen LogP contribution in [0.15, 0.2) is 47.6 Å². The first-order valence-corrected chi connectivity index (χ1v) is 8.66. The van der Waals surface area contributed by atoms with Crippen LogP contribution in [-0.2, 0) is 16.4 Å². The molecule has 0 atom stereocenters. The fourth-order valence-electron chi connectivity index (χ4n) is 2.12. The molecule has 0 radical (unpaired) electrons. The molecular weight excluding hydrogens is 316 g/mol. The van der Waals surface area contributed by atoms with Crippen LogP contribution in [-0.4, -0.2) is 34.2 Å². The predicted molar refractivity (Wildman–Crippen MR) is 87.3 cm³/mol. The predicted octanol–water partition coefficient (Wildman–Crippen LogP) is 2.01. The molecule has 124 valence electrons. The van der Waals surface area contributed by atoms with Crippen molar-refractivity contribution in [3.63, 3.8) is 0 Å². The van der Waals surface area contributed by atoms with E-state index >= 15 is 0 Å². The highest BCUT2D eigenvalue weighted by atomic mass is 32.2. The van der Waals surface area contributed by atoms with E-state index in [2.05, 4.69) is 9.71 Å². The first-order valence-electron chi connectivity index (χ1n) is 7.17. The maximum atomic E-state index is 12.4. The average molecular weight is 336 g/mol. The van der Waals surface area contributed by atoms with E-state index in [4.69, 9.17) is 9.47 Å². The summed E-state index contributed by atoms with van der Waals surface area (Å²) >= 11 is 0. The Hall–Kier alpha value is -2.12. The normalized spacial score (nSPS) is 11.2. The number of nitrogens with one attached hydrogen (secondary N) is 1. The summed E-state index contributed by atoms with van der Waals surface area (Å²) in [5, 5.41) is 0. The zero-order chi connectivity index (χ0) is 16.7. The number of sulfonamides is 1. The summed E-state index contributed by atoms with van der Waals surface area (Å²) in [7, 11) is -0.741. The summed E-state index contributed by atoms with van der Waals surface area (Å²) in [4.78, 5) is 4.10. The third kappa shape index (κ3) is 4.67. The molecule has 2 rings (SSSR count). The summed E-state index contributed by atoms with van der Waals surface area (Å²) in [5.41, 5.74) is 1.07. The topological polar surface area (TPSA) is 77.5 Å². The van der Waals surface area contributed by atoms with Crippen molar-refractivity contribution in [2.24, 2.45) is 0 Å². The quantitative estimate of drug-likeness (QED) is 0.746. The van der Waals surface area contributed by atoms with Crippen molar-refractivity contribution in [2.45, 2.75) is 17.7 Å². The number of methoxy groups -OCH3 is 2. The van der Waals surface area contributed by atoms with Gasteiger partial charge in [0, 0.05) is 25.0 Å². The van der Waals surface area contributed by atoms with Crippen molar-refractivity contribution < 1.29 is 17.9 Å². The number of aromatic nitrogens is 1. The average Bonchev–Trinajstić information content (AvgIpc) is 2.59. The maximum absolute atomic E-state index is 12.4. The molecule has 1 N–H and O–H groups in total. The van der Waals surface area contributed by atoms with Gasteiger partial charge in [0.1, 0.15) is 16.4 Å². The third-order valence-corrected chi connectivity index (χ3v) is 4.80. The van der Waals surface area contributed by atoms with Crippen LogP contribution in [0.2, 0.25) is 0 Å². The van der Waals surface area contributed by atoms with Crippen LogP contribution in [0, 0.1) is 0 Å². The Morgan fingerprint density at radius 1 is 1.17 bits per heavy atom. The van der Waals surface area contributed by atoms with Gasteiger partial charge in [0.15, 0.2) is 0 Å². The maximum Gasteiger partial charge on any atom is 0.244 e. The van der Waals surface area contributed by atoms with Gasteiger partial charge in [-0.15, -0.1) is 0 Å². The van der Waals surface area contributed by atoms with Crippen molar-refractivity contribution in [1.82, 2.24) is 9.71 Å². The lowest BCUT2D eigenvalue weighted by atomic mass is 10.2. The number of ether oxygens (including phenoxy) is 2. The molecule has 0 aliphatic carbocycles. The summed E-state index contributed by atoms with van der Waals surface area (Å²) in [5.74, 6) is 0.743. The van der Waals surface area contributed by atoms with Gasteiger partial charge in [0.2, 0.25) is 10.0 Å². The van der Waals surface area contributed by atoms with Gasteiger partial charge in [-0.25, -0.2) is 13.1 Å². The molecule has 0 unspecified atom stereocenters. The lowest BCUT2D eigenvalue weighted by Gasteiger charge is -2.12. The number of rotatable bonds is 8. The summed E-state index contributed by atoms with van der Waals surface area (Å²) in [6, 6.07) is 8.50. The smallest absolute Gasteiger partial charge is 0.244 e. The minimum Gasteiger partial charge on any atom is -0.497 e. The highest BCUT2D eigenvalue weighted by molar-refractivity contribution is 7.89. The highest BCUT2D eigenvalue weighted by Crippen LogP contribution is 2.27. The summed E-state index contributed by atoms with van der Waals surface area (Å²) < 4.78 is 37.7. The van der Waals surface area contributed by atoms with Crippen LogP contribution in [0.5, 0.6) is 11.5 Å². The van der Waals surface area contributed by atoms with Gasteiger partial charge in [0.25, 0.3) is 0 Å². The summed E-state index contributed by atoms with van der Waals surface area (Å²) in [6.07, 6.45) is 4.92. The highest BCUT2D eigenvalue weighted by Gasteiger charge is 2.19. The Bertz CT molecular complexity index is 733. The number of benzene rings is 1. The van der Waals surface area contributed by atoms with E-state index in [0.29, 0.717) is 18.7 Å². The number of nitrogens with zero attached hydrogens (tertiary/aromatic N) is 1. The Morgan fingerprint density at radius 3 is 2.65 bits per heavy atom. The van der Waals surface area contributed by atoms with Crippen LogP contribution in [0.25, 0.3) is 0 Å². The van der Waals surface area contributed by atoms with E-state index in [-0.39, 0.29) is 10.6 Å². The molecule has 2 aromatic rings. The second-order valence-electron chi connectivity index (χ2n) is 4.88. The standard InChI is InChI=1S/C16H20N2O4S/c1-21-14-7-8-15(22-2)16(11-14)23(19,20)18-10-4-6-13-5-3-9-17-12-13/h3,5,7-9,11-12,18H,4,6,10H2,1-2H3. The SMILES string of the molecule is COc1ccc(OC)c(S(=O)(=O)NCCCc2cccnc2)c1. The Morgan fingerprint density at radius 2 is 2.00 bits per heavy atom. The van der Waals surface area contributed by atoms with Crippen molar-refractivity contribution in [1.29, 1.82) is 0 Å². The number of aryl methyl sites for hydroxylation is 1. The van der Waals surface area contributed by atoms with Gasteiger partial charge in [-0.2, -0.15) is 0 Å². The Labute approximate surface area is 136 Å². The van der Waals surface area contributed by atoms with Gasteiger partial charge in [-0.1, -0.05) is 6.07 Å². The van der Waals surface area contributed by atoms with Crippen LogP contribution in [0.1, 0.15) is 12.0 Å². The van der Waals surface area contributed by atoms with Gasteiger partial charge in [0.05, 0.1) is 14.2 Å². The number of hydrogen-bond acceptors (Lipinski definition) is 5. The molecule has 7 heteroatoms. The molecule has 0 bridgehead atoms. The van der Waals surface area contributed by atoms with Crippen molar-refractivity contribution in [3.05, 3.63) is 48.3 Å². The molecular formula is C16H20N2O4S. The van der Waals surface area contributed by atoms with Crippen molar-refractivity contribution in [2.75, 3.05) is 20.8 Å². The second-order valence-corrected chi connectivity index (χ2v) is 6.61. The van der Waals surface area contributed by atoms with E-state index in [1.807, 2.05) is 12.1 Å². The largest absolute Gasteiger partial charge is 0.497 e. The van der Waals surface area contributed by atoms with E-state index < -0.39 is 10.0 Å². The van der Waals surface area contributed by atoms with Crippen LogP contribution >= 0.6 is 0 Å². The molecule has 0 saturated carbocycles. The third-order valence-electron chi connectivity index (χ3n) is 3.32. The lowest BCUT2D eigenvalue weighted by Crippen LogP contribution is -2.25. The number of hydrogen-bond donors (Lipinski definition) is 1. The second kappa shape index (κ2) is 7.94. The molecule has 23 heavy (non-hydrogen) atoms. The van der Waals surface area contributed by atoms with Crippen molar-refractivity contribution >= 4 is 10.0 Å². The van der Waals surface area contributed by atoms with E-state index in [1.54, 1.807) is 24.5 Å². The van der Waals surface area contributed by atoms with Crippen molar-refractivity contribution in [3.8, 4) is 11.5 Å². The first-order chi connectivity index (χ1) is 11.1. The first kappa shape index (κ1) is 17.2. The lowest BCUT2D eigenvalue weighted by molar-refractivity contribution is 0.392. The molecule has 0 saturated heterocycles. The molecule has 0 fully saturated rings.